The first kappa shape index (κ1) is 14.6. The van der Waals surface area contributed by atoms with Crippen LogP contribution in [0.5, 0.6) is 0 Å². The van der Waals surface area contributed by atoms with Crippen molar-refractivity contribution in [3.63, 3.8) is 0 Å². The Kier molecular flexibility index (Phi) is 4.13. The molecule has 0 saturated carbocycles. The highest BCUT2D eigenvalue weighted by molar-refractivity contribution is 6.42. The molecule has 0 atom stereocenters. The Morgan fingerprint density at radius 3 is 2.50 bits per heavy atom. The summed E-state index contributed by atoms with van der Waals surface area (Å²) in [6, 6.07) is 16.2. The molecule has 1 amide bonds. The predicted molar refractivity (Wildman–Crippen MR) is 88.4 cm³/mol. The first-order valence-electron chi connectivity index (χ1n) is 6.51. The molecule has 0 saturated heterocycles. The second kappa shape index (κ2) is 6.22. The lowest BCUT2D eigenvalue weighted by Gasteiger charge is -2.04. The lowest BCUT2D eigenvalue weighted by molar-refractivity contribution is 0.102. The molecular weight excluding hydrogens is 321 g/mol. The first-order valence-corrected chi connectivity index (χ1v) is 7.26. The largest absolute Gasteiger partial charge is 0.321 e. The summed E-state index contributed by atoms with van der Waals surface area (Å²) in [4.78, 5) is 12.2. The molecule has 0 bridgehead atoms. The molecule has 1 aromatic heterocycles. The molecule has 0 aliphatic rings. The lowest BCUT2D eigenvalue weighted by atomic mass is 10.1. The van der Waals surface area contributed by atoms with Gasteiger partial charge in [0.15, 0.2) is 0 Å². The molecular formula is C16H11Cl2N3O. The Labute approximate surface area is 137 Å². The highest BCUT2D eigenvalue weighted by Gasteiger charge is 2.11. The van der Waals surface area contributed by atoms with Gasteiger partial charge in [-0.05, 0) is 24.3 Å². The molecule has 0 radical (unpaired) electrons. The van der Waals surface area contributed by atoms with Gasteiger partial charge in [0.2, 0.25) is 0 Å². The van der Waals surface area contributed by atoms with Crippen LogP contribution in [0.3, 0.4) is 0 Å². The van der Waals surface area contributed by atoms with E-state index in [1.165, 1.54) is 0 Å². The summed E-state index contributed by atoms with van der Waals surface area (Å²) in [5, 5.41) is 10.4. The molecule has 4 nitrogen and oxygen atoms in total. The van der Waals surface area contributed by atoms with Gasteiger partial charge in [-0.2, -0.15) is 5.10 Å². The van der Waals surface area contributed by atoms with Crippen LogP contribution in [0.15, 0.2) is 54.6 Å². The molecule has 6 heteroatoms. The number of hydrogen-bond donors (Lipinski definition) is 2. The maximum absolute atomic E-state index is 12.2. The number of H-pyrrole nitrogens is 1. The van der Waals surface area contributed by atoms with Crippen molar-refractivity contribution >= 4 is 34.8 Å². The summed E-state index contributed by atoms with van der Waals surface area (Å²) in [5.41, 5.74) is 2.58. The standard InChI is InChI=1S/C16H11Cl2N3O/c17-12-7-6-11(8-13(12)18)19-16(22)15-9-14(20-21-15)10-4-2-1-3-5-10/h1-9H,(H,19,22)(H,20,21). The Balaban J connectivity index is 1.78. The number of nitrogens with zero attached hydrogens (tertiary/aromatic N) is 1. The van der Waals surface area contributed by atoms with Crippen molar-refractivity contribution in [3.8, 4) is 11.3 Å². The molecule has 0 aliphatic heterocycles. The van der Waals surface area contributed by atoms with Crippen molar-refractivity contribution in [1.82, 2.24) is 10.2 Å². The van der Waals surface area contributed by atoms with Crippen LogP contribution in [0.4, 0.5) is 5.69 Å². The minimum absolute atomic E-state index is 0.298. The summed E-state index contributed by atoms with van der Waals surface area (Å²) in [6.45, 7) is 0. The third kappa shape index (κ3) is 3.13. The minimum Gasteiger partial charge on any atom is -0.321 e. The van der Waals surface area contributed by atoms with Gasteiger partial charge in [-0.25, -0.2) is 0 Å². The fourth-order valence-electron chi connectivity index (χ4n) is 1.97. The average Bonchev–Trinajstić information content (AvgIpc) is 3.02. The van der Waals surface area contributed by atoms with Crippen LogP contribution < -0.4 is 5.32 Å². The molecule has 3 rings (SSSR count). The maximum atomic E-state index is 12.2. The Morgan fingerprint density at radius 1 is 1.00 bits per heavy atom. The van der Waals surface area contributed by atoms with Gasteiger partial charge in [-0.15, -0.1) is 0 Å². The van der Waals surface area contributed by atoms with Gasteiger partial charge in [0, 0.05) is 11.3 Å². The van der Waals surface area contributed by atoms with Gasteiger partial charge in [0.05, 0.1) is 15.7 Å². The van der Waals surface area contributed by atoms with Gasteiger partial charge in [0.25, 0.3) is 5.91 Å². The van der Waals surface area contributed by atoms with Crippen LogP contribution >= 0.6 is 23.2 Å². The highest BCUT2D eigenvalue weighted by atomic mass is 35.5. The number of aromatic nitrogens is 2. The van der Waals surface area contributed by atoms with Crippen LogP contribution in [-0.2, 0) is 0 Å². The van der Waals surface area contributed by atoms with E-state index in [9.17, 15) is 4.79 Å². The molecule has 110 valence electrons. The zero-order chi connectivity index (χ0) is 15.5. The van der Waals surface area contributed by atoms with E-state index in [-0.39, 0.29) is 5.91 Å². The number of carbonyl (C=O) groups is 1. The van der Waals surface area contributed by atoms with Crippen molar-refractivity contribution in [3.05, 3.63) is 70.3 Å². The fraction of sp³-hybridized carbons (Fsp3) is 0. The fourth-order valence-corrected chi connectivity index (χ4v) is 2.27. The molecule has 22 heavy (non-hydrogen) atoms. The highest BCUT2D eigenvalue weighted by Crippen LogP contribution is 2.25. The molecule has 3 aromatic rings. The number of nitrogens with one attached hydrogen (secondary N) is 2. The zero-order valence-electron chi connectivity index (χ0n) is 11.3. The summed E-state index contributed by atoms with van der Waals surface area (Å²) < 4.78 is 0. The Bertz CT molecular complexity index is 815. The van der Waals surface area contributed by atoms with Crippen LogP contribution in [0, 0.1) is 0 Å². The molecule has 0 unspecified atom stereocenters. The van der Waals surface area contributed by atoms with E-state index in [2.05, 4.69) is 15.5 Å². The predicted octanol–water partition coefficient (Wildman–Crippen LogP) is 4.64. The Hall–Kier alpha value is -2.30. The topological polar surface area (TPSA) is 57.8 Å². The molecule has 1 heterocycles. The smallest absolute Gasteiger partial charge is 0.273 e. The van der Waals surface area contributed by atoms with Gasteiger partial charge >= 0.3 is 0 Å². The molecule has 0 fully saturated rings. The van der Waals surface area contributed by atoms with E-state index in [4.69, 9.17) is 23.2 Å². The van der Waals surface area contributed by atoms with E-state index in [0.29, 0.717) is 27.1 Å². The Morgan fingerprint density at radius 2 is 1.77 bits per heavy atom. The van der Waals surface area contributed by atoms with Crippen LogP contribution in [0.2, 0.25) is 10.0 Å². The van der Waals surface area contributed by atoms with E-state index >= 15 is 0 Å². The number of aromatic amines is 1. The first-order chi connectivity index (χ1) is 10.6. The third-order valence-electron chi connectivity index (χ3n) is 3.07. The van der Waals surface area contributed by atoms with Gasteiger partial charge in [0.1, 0.15) is 5.69 Å². The van der Waals surface area contributed by atoms with Crippen molar-refractivity contribution in [2.45, 2.75) is 0 Å². The van der Waals surface area contributed by atoms with Crippen LogP contribution in [0.25, 0.3) is 11.3 Å². The molecule has 0 spiro atoms. The summed E-state index contributed by atoms with van der Waals surface area (Å²) in [5.74, 6) is -0.298. The summed E-state index contributed by atoms with van der Waals surface area (Å²) in [7, 11) is 0. The maximum Gasteiger partial charge on any atom is 0.273 e. The zero-order valence-corrected chi connectivity index (χ0v) is 12.8. The van der Waals surface area contributed by atoms with E-state index in [1.54, 1.807) is 24.3 Å². The monoisotopic (exact) mass is 331 g/mol. The SMILES string of the molecule is O=C(Nc1ccc(Cl)c(Cl)c1)c1cc(-c2ccccc2)n[nH]1. The van der Waals surface area contributed by atoms with Crippen LogP contribution in [-0.4, -0.2) is 16.1 Å². The third-order valence-corrected chi connectivity index (χ3v) is 3.81. The average molecular weight is 332 g/mol. The van der Waals surface area contributed by atoms with Crippen molar-refractivity contribution in [1.29, 1.82) is 0 Å². The minimum atomic E-state index is -0.298. The van der Waals surface area contributed by atoms with Crippen LogP contribution in [0.1, 0.15) is 10.5 Å². The van der Waals surface area contributed by atoms with E-state index < -0.39 is 0 Å². The molecule has 0 aliphatic carbocycles. The second-order valence-corrected chi connectivity index (χ2v) is 5.43. The summed E-state index contributed by atoms with van der Waals surface area (Å²) in [6.07, 6.45) is 0. The summed E-state index contributed by atoms with van der Waals surface area (Å²) >= 11 is 11.8. The molecule has 2 aromatic carbocycles. The lowest BCUT2D eigenvalue weighted by Crippen LogP contribution is -2.12. The van der Waals surface area contributed by atoms with Crippen molar-refractivity contribution in [2.75, 3.05) is 5.32 Å². The number of carbonyl (C=O) groups excluding carboxylic acids is 1. The second-order valence-electron chi connectivity index (χ2n) is 4.62. The normalized spacial score (nSPS) is 10.5. The van der Waals surface area contributed by atoms with Crippen molar-refractivity contribution in [2.24, 2.45) is 0 Å². The number of hydrogen-bond acceptors (Lipinski definition) is 2. The number of rotatable bonds is 3. The number of benzene rings is 2. The molecule has 2 N–H and O–H groups in total. The van der Waals surface area contributed by atoms with Gasteiger partial charge in [-0.3, -0.25) is 9.89 Å². The van der Waals surface area contributed by atoms with Gasteiger partial charge in [-0.1, -0.05) is 53.5 Å². The van der Waals surface area contributed by atoms with Gasteiger partial charge < -0.3 is 5.32 Å². The number of amides is 1. The number of halogens is 2. The number of anilines is 1. The van der Waals surface area contributed by atoms with E-state index in [0.717, 1.165) is 5.56 Å². The van der Waals surface area contributed by atoms with E-state index in [1.807, 2.05) is 30.3 Å². The quantitative estimate of drug-likeness (QED) is 0.734. The van der Waals surface area contributed by atoms with Crippen molar-refractivity contribution < 1.29 is 4.79 Å².